The van der Waals surface area contributed by atoms with Crippen LogP contribution in [0.2, 0.25) is 0 Å². The number of nitrogens with one attached hydrogen (secondary N) is 2. The monoisotopic (exact) mass is 672 g/mol. The molecular formula is C37H44N4O8. The summed E-state index contributed by atoms with van der Waals surface area (Å²) in [6.45, 7) is 0.386. The molecule has 1 aliphatic rings. The molecule has 0 spiro atoms. The number of primary amides is 1. The van der Waals surface area contributed by atoms with Crippen molar-refractivity contribution >= 4 is 35.6 Å². The van der Waals surface area contributed by atoms with Crippen LogP contribution >= 0.6 is 0 Å². The zero-order valence-corrected chi connectivity index (χ0v) is 28.0. The molecule has 1 atom stereocenters. The van der Waals surface area contributed by atoms with Gasteiger partial charge in [-0.05, 0) is 86.1 Å². The van der Waals surface area contributed by atoms with Crippen molar-refractivity contribution in [1.29, 1.82) is 0 Å². The van der Waals surface area contributed by atoms with E-state index >= 15 is 0 Å². The largest absolute Gasteiger partial charge is 0.493 e. The van der Waals surface area contributed by atoms with E-state index in [1.54, 1.807) is 32.4 Å². The number of aryl methyl sites for hydroxylation is 2. The lowest BCUT2D eigenvalue weighted by Crippen LogP contribution is -2.44. The third-order valence-electron chi connectivity index (χ3n) is 8.33. The Morgan fingerprint density at radius 3 is 2.41 bits per heavy atom. The molecule has 0 fully saturated rings. The molecule has 4 rings (SSSR count). The van der Waals surface area contributed by atoms with Gasteiger partial charge in [0.2, 0.25) is 11.8 Å². The molecule has 0 aliphatic carbocycles. The zero-order valence-electron chi connectivity index (χ0n) is 28.0. The minimum Gasteiger partial charge on any atom is -0.493 e. The predicted octanol–water partition coefficient (Wildman–Crippen LogP) is 3.97. The summed E-state index contributed by atoms with van der Waals surface area (Å²) >= 11 is 0. The number of hydrogen-bond acceptors (Lipinski definition) is 8. The van der Waals surface area contributed by atoms with Crippen molar-refractivity contribution in [3.63, 3.8) is 0 Å². The van der Waals surface area contributed by atoms with Gasteiger partial charge in [0.05, 0.1) is 14.2 Å². The van der Waals surface area contributed by atoms with Gasteiger partial charge in [-0.3, -0.25) is 19.2 Å². The molecule has 4 N–H and O–H groups in total. The Kier molecular flexibility index (Phi) is 13.6. The maximum atomic E-state index is 13.0. The second-order valence-electron chi connectivity index (χ2n) is 11.8. The smallest absolute Gasteiger partial charge is 0.257 e. The molecule has 0 saturated carbocycles. The number of fused-ring (bicyclic) bond motifs is 1. The van der Waals surface area contributed by atoms with Crippen molar-refractivity contribution in [3.05, 3.63) is 82.9 Å². The van der Waals surface area contributed by atoms with Crippen LogP contribution in [0, 0.1) is 0 Å². The molecule has 0 saturated heterocycles. The van der Waals surface area contributed by atoms with Crippen LogP contribution in [-0.4, -0.2) is 68.2 Å². The molecule has 12 heteroatoms. The zero-order chi connectivity index (χ0) is 35.2. The summed E-state index contributed by atoms with van der Waals surface area (Å²) in [5, 5.41) is 5.68. The Morgan fingerprint density at radius 1 is 0.918 bits per heavy atom. The summed E-state index contributed by atoms with van der Waals surface area (Å²) in [4.78, 5) is 62.2. The van der Waals surface area contributed by atoms with E-state index in [0.717, 1.165) is 30.4 Å². The van der Waals surface area contributed by atoms with Crippen LogP contribution in [-0.2, 0) is 38.6 Å². The van der Waals surface area contributed by atoms with Crippen molar-refractivity contribution in [2.24, 2.45) is 5.73 Å². The fraction of sp³-hybridized carbons (Fsp3) is 0.378. The van der Waals surface area contributed by atoms with Gasteiger partial charge in [0.25, 0.3) is 11.8 Å². The van der Waals surface area contributed by atoms with Crippen LogP contribution in [0.25, 0.3) is 0 Å². The van der Waals surface area contributed by atoms with Crippen molar-refractivity contribution in [2.45, 2.75) is 64.0 Å². The number of rotatable bonds is 20. The first-order chi connectivity index (χ1) is 23.7. The maximum Gasteiger partial charge on any atom is 0.257 e. The molecule has 12 nitrogen and oxygen atoms in total. The summed E-state index contributed by atoms with van der Waals surface area (Å²) in [6.07, 6.45) is 4.93. The Morgan fingerprint density at radius 2 is 1.67 bits per heavy atom. The van der Waals surface area contributed by atoms with Crippen molar-refractivity contribution < 1.29 is 38.2 Å². The van der Waals surface area contributed by atoms with E-state index in [0.29, 0.717) is 59.7 Å². The highest BCUT2D eigenvalue weighted by Crippen LogP contribution is 2.32. The first-order valence-electron chi connectivity index (χ1n) is 16.4. The molecular weight excluding hydrogens is 628 g/mol. The number of unbranched alkanes of at least 4 members (excludes halogenated alkanes) is 1. The lowest BCUT2D eigenvalue weighted by molar-refractivity contribution is -0.123. The Balaban J connectivity index is 1.14. The third-order valence-corrected chi connectivity index (χ3v) is 8.33. The average molecular weight is 673 g/mol. The number of carbonyl (C=O) groups is 5. The molecule has 49 heavy (non-hydrogen) atoms. The van der Waals surface area contributed by atoms with Gasteiger partial charge in [0.1, 0.15) is 18.1 Å². The molecule has 0 aromatic heterocycles. The van der Waals surface area contributed by atoms with Crippen LogP contribution in [0.4, 0.5) is 5.69 Å². The van der Waals surface area contributed by atoms with Gasteiger partial charge in [0, 0.05) is 42.7 Å². The lowest BCUT2D eigenvalue weighted by Gasteiger charge is -2.24. The van der Waals surface area contributed by atoms with Gasteiger partial charge < -0.3 is 40.3 Å². The normalized spacial score (nSPS) is 12.5. The van der Waals surface area contributed by atoms with Gasteiger partial charge in [-0.25, -0.2) is 0 Å². The molecule has 3 aromatic rings. The number of amides is 4. The SMILES string of the molecule is COc1ccc(CCCc2cccc(OCC(=O)NCCCCC(=O)Nc3cccc4c3CN(C(CCC=O)C(N)=O)C4=O)c2)cc1OC. The van der Waals surface area contributed by atoms with E-state index in [9.17, 15) is 24.0 Å². The first kappa shape index (κ1) is 36.4. The molecule has 0 bridgehead atoms. The number of benzene rings is 3. The molecule has 3 aromatic carbocycles. The molecule has 1 aliphatic heterocycles. The molecule has 260 valence electrons. The Labute approximate surface area is 286 Å². The Bertz CT molecular complexity index is 1640. The number of ether oxygens (including phenoxy) is 3. The van der Waals surface area contributed by atoms with Crippen molar-refractivity contribution in [1.82, 2.24) is 10.2 Å². The standard InChI is InChI=1S/C37H44N4O8/c1-47-32-18-17-26(22-33(32)48-2)10-5-9-25-11-6-12-27(21-25)49-24-35(44)39-19-4-3-16-34(43)40-30-14-7-13-28-29(30)23-41(37(28)46)31(36(38)45)15-8-20-42/h6-7,11-14,17-18,20-22,31H,3-5,8-10,15-16,19,23-24H2,1-2H3,(H2,38,45)(H,39,44)(H,40,43). The van der Waals surface area contributed by atoms with Crippen LogP contribution in [0.15, 0.2) is 60.7 Å². The Hall–Kier alpha value is -5.39. The highest BCUT2D eigenvalue weighted by Gasteiger charge is 2.36. The van der Waals surface area contributed by atoms with Gasteiger partial charge in [0.15, 0.2) is 18.1 Å². The molecule has 4 amide bonds. The van der Waals surface area contributed by atoms with Crippen molar-refractivity contribution in [2.75, 3.05) is 32.7 Å². The number of anilines is 1. The quantitative estimate of drug-likeness (QED) is 0.120. The van der Waals surface area contributed by atoms with E-state index in [-0.39, 0.29) is 50.1 Å². The van der Waals surface area contributed by atoms with E-state index in [1.807, 2.05) is 42.5 Å². The number of hydrogen-bond donors (Lipinski definition) is 3. The van der Waals surface area contributed by atoms with E-state index < -0.39 is 11.9 Å². The highest BCUT2D eigenvalue weighted by atomic mass is 16.5. The van der Waals surface area contributed by atoms with E-state index in [2.05, 4.69) is 10.6 Å². The van der Waals surface area contributed by atoms with E-state index in [1.165, 1.54) is 4.90 Å². The molecule has 1 heterocycles. The minimum atomic E-state index is -0.911. The predicted molar refractivity (Wildman–Crippen MR) is 184 cm³/mol. The van der Waals surface area contributed by atoms with Crippen LogP contribution < -0.4 is 30.6 Å². The fourth-order valence-electron chi connectivity index (χ4n) is 5.78. The number of carbonyl (C=O) groups excluding carboxylic acids is 5. The number of aldehydes is 1. The lowest BCUT2D eigenvalue weighted by atomic mass is 10.0. The third kappa shape index (κ3) is 10.3. The molecule has 1 unspecified atom stereocenters. The van der Waals surface area contributed by atoms with Gasteiger partial charge >= 0.3 is 0 Å². The van der Waals surface area contributed by atoms with Crippen molar-refractivity contribution in [3.8, 4) is 17.2 Å². The van der Waals surface area contributed by atoms with Gasteiger partial charge in [-0.15, -0.1) is 0 Å². The second kappa shape index (κ2) is 18.2. The van der Waals surface area contributed by atoms with E-state index in [4.69, 9.17) is 19.9 Å². The number of nitrogens with zero attached hydrogens (tertiary/aromatic N) is 1. The minimum absolute atomic E-state index is 0.100. The highest BCUT2D eigenvalue weighted by molar-refractivity contribution is 6.04. The maximum absolute atomic E-state index is 13.0. The topological polar surface area (TPSA) is 166 Å². The van der Waals surface area contributed by atoms with Crippen LogP contribution in [0.1, 0.15) is 65.6 Å². The summed E-state index contributed by atoms with van der Waals surface area (Å²) in [5.41, 5.74) is 9.26. The van der Waals surface area contributed by atoms with Crippen LogP contribution in [0.3, 0.4) is 0 Å². The fourth-order valence-corrected chi connectivity index (χ4v) is 5.78. The summed E-state index contributed by atoms with van der Waals surface area (Å²) < 4.78 is 16.4. The van der Waals surface area contributed by atoms with Gasteiger partial charge in [-0.1, -0.05) is 24.3 Å². The summed E-state index contributed by atoms with van der Waals surface area (Å²) in [5.74, 6) is 0.510. The summed E-state index contributed by atoms with van der Waals surface area (Å²) in [6, 6.07) is 17.7. The summed E-state index contributed by atoms with van der Waals surface area (Å²) in [7, 11) is 3.24. The van der Waals surface area contributed by atoms with Gasteiger partial charge in [-0.2, -0.15) is 0 Å². The number of methoxy groups -OCH3 is 2. The second-order valence-corrected chi connectivity index (χ2v) is 11.8. The average Bonchev–Trinajstić information content (AvgIpc) is 3.43. The number of nitrogens with two attached hydrogens (primary N) is 1. The van der Waals surface area contributed by atoms with Crippen LogP contribution in [0.5, 0.6) is 17.2 Å². The first-order valence-corrected chi connectivity index (χ1v) is 16.4. The molecule has 0 radical (unpaired) electrons.